The van der Waals surface area contributed by atoms with E-state index in [9.17, 15) is 30.0 Å². The van der Waals surface area contributed by atoms with Gasteiger partial charge in [0, 0.05) is 11.9 Å². The fourth-order valence-corrected chi connectivity index (χ4v) is 1.32. The smallest absolute Gasteiger partial charge is 0.550 e. The van der Waals surface area contributed by atoms with Gasteiger partial charge in [0.1, 0.15) is 18.3 Å². The minimum atomic E-state index is -1.37. The van der Waals surface area contributed by atoms with Crippen LogP contribution in [0.25, 0.3) is 0 Å². The quantitative estimate of drug-likeness (QED) is 0.306. The summed E-state index contributed by atoms with van der Waals surface area (Å²) >= 11 is 0. The van der Waals surface area contributed by atoms with E-state index in [4.69, 9.17) is 20.7 Å². The molecule has 0 radical (unpaired) electrons. The molecule has 0 aliphatic carbocycles. The van der Waals surface area contributed by atoms with Crippen LogP contribution in [0.4, 0.5) is 0 Å². The van der Waals surface area contributed by atoms with E-state index in [1.165, 1.54) is 0 Å². The van der Waals surface area contributed by atoms with Crippen molar-refractivity contribution in [1.29, 1.82) is 0 Å². The first-order valence-electron chi connectivity index (χ1n) is 5.66. The fourth-order valence-electron chi connectivity index (χ4n) is 1.32. The molecule has 0 amide bonds. The summed E-state index contributed by atoms with van der Waals surface area (Å²) < 4.78 is 4.70. The van der Waals surface area contributed by atoms with Crippen LogP contribution < -0.4 is 75.1 Å². The van der Waals surface area contributed by atoms with Crippen molar-refractivity contribution >= 4 is 11.9 Å². The largest absolute Gasteiger partial charge is 1.00 e. The molecular formula is C10H17NNa2O9. The Morgan fingerprint density at radius 2 is 1.41 bits per heavy atom. The van der Waals surface area contributed by atoms with Crippen LogP contribution in [0.3, 0.4) is 0 Å². The molecule has 0 aromatic carbocycles. The number of rotatable bonds is 4. The summed E-state index contributed by atoms with van der Waals surface area (Å²) in [6.45, 7) is -0.470. The molecular weight excluding hydrogens is 324 g/mol. The number of hydrogen-bond donors (Lipinski definition) is 5. The van der Waals surface area contributed by atoms with Gasteiger partial charge in [0.2, 0.25) is 0 Å². The Hall–Kier alpha value is 0.700. The Balaban J connectivity index is -0.000000323. The van der Waals surface area contributed by atoms with Crippen LogP contribution in [0.15, 0.2) is 0 Å². The van der Waals surface area contributed by atoms with E-state index in [1.54, 1.807) is 0 Å². The van der Waals surface area contributed by atoms with Crippen LogP contribution in [0.5, 0.6) is 0 Å². The molecule has 0 spiro atoms. The molecule has 1 aliphatic heterocycles. The molecule has 1 saturated heterocycles. The van der Waals surface area contributed by atoms with E-state index >= 15 is 0 Å². The second kappa shape index (κ2) is 14.1. The Labute approximate surface area is 170 Å². The van der Waals surface area contributed by atoms with Gasteiger partial charge in [-0.15, -0.1) is 0 Å². The van der Waals surface area contributed by atoms with E-state index in [1.807, 2.05) is 0 Å². The predicted molar refractivity (Wildman–Crippen MR) is 57.2 cm³/mol. The fraction of sp³-hybridized carbons (Fsp3) is 0.800. The maximum Gasteiger partial charge on any atom is 1.00 e. The molecule has 1 heterocycles. The average Bonchev–Trinajstić information content (AvgIpc) is 2.39. The zero-order chi connectivity index (χ0) is 15.9. The predicted octanol–water partition coefficient (Wildman–Crippen LogP) is -12.0. The number of aliphatic hydroxyl groups excluding tert-OH is 4. The number of ether oxygens (including phenoxy) is 1. The number of carboxylic acid groups (broad SMARTS) is 2. The minimum Gasteiger partial charge on any atom is -0.550 e. The first-order valence-corrected chi connectivity index (χ1v) is 5.66. The molecule has 0 aromatic heterocycles. The van der Waals surface area contributed by atoms with E-state index < -0.39 is 62.0 Å². The van der Waals surface area contributed by atoms with Crippen LogP contribution in [-0.4, -0.2) is 69.6 Å². The normalized spacial score (nSPS) is 30.0. The molecule has 1 rings (SSSR count). The van der Waals surface area contributed by atoms with Gasteiger partial charge in [-0.3, -0.25) is 0 Å². The van der Waals surface area contributed by atoms with Crippen LogP contribution in [0.2, 0.25) is 0 Å². The molecule has 10 nitrogen and oxygen atoms in total. The number of carbonyl (C=O) groups is 2. The molecule has 0 aromatic rings. The molecule has 1 aliphatic rings. The molecule has 118 valence electrons. The number of hydrogen-bond acceptors (Lipinski definition) is 10. The second-order valence-corrected chi connectivity index (χ2v) is 4.05. The van der Waals surface area contributed by atoms with E-state index in [-0.39, 0.29) is 59.1 Å². The van der Waals surface area contributed by atoms with Crippen LogP contribution in [0.1, 0.15) is 12.8 Å². The van der Waals surface area contributed by atoms with Gasteiger partial charge < -0.3 is 50.7 Å². The topological polar surface area (TPSA) is 196 Å². The van der Waals surface area contributed by atoms with Crippen molar-refractivity contribution in [2.45, 2.75) is 43.5 Å². The first kappa shape index (κ1) is 27.5. The molecule has 22 heavy (non-hydrogen) atoms. The molecule has 12 heteroatoms. The van der Waals surface area contributed by atoms with Crippen LogP contribution in [-0.2, 0) is 14.3 Å². The number of nitrogens with two attached hydrogens (primary N) is 1. The Morgan fingerprint density at radius 3 is 1.73 bits per heavy atom. The maximum absolute atomic E-state index is 9.50. The maximum atomic E-state index is 9.50. The summed E-state index contributed by atoms with van der Waals surface area (Å²) in [5, 5.41) is 55.1. The summed E-state index contributed by atoms with van der Waals surface area (Å²) in [7, 11) is 0. The third-order valence-corrected chi connectivity index (χ3v) is 2.48. The minimum absolute atomic E-state index is 0. The summed E-state index contributed by atoms with van der Waals surface area (Å²) in [4.78, 5) is 19.0. The summed E-state index contributed by atoms with van der Waals surface area (Å²) in [6, 6.07) is -1.04. The monoisotopic (exact) mass is 341 g/mol. The molecule has 1 fully saturated rings. The van der Waals surface area contributed by atoms with Gasteiger partial charge in [-0.05, 0) is 12.8 Å². The Bertz CT molecular complexity index is 315. The zero-order valence-electron chi connectivity index (χ0n) is 12.4. The molecule has 1 unspecified atom stereocenters. The van der Waals surface area contributed by atoms with Crippen molar-refractivity contribution in [3.8, 4) is 0 Å². The first-order chi connectivity index (χ1) is 9.20. The van der Waals surface area contributed by atoms with Crippen molar-refractivity contribution < 1.29 is 104 Å². The van der Waals surface area contributed by atoms with E-state index in [0.717, 1.165) is 0 Å². The Morgan fingerprint density at radius 1 is 1.00 bits per heavy atom. The van der Waals surface area contributed by atoms with Crippen molar-refractivity contribution in [1.82, 2.24) is 0 Å². The molecule has 0 saturated carbocycles. The summed E-state index contributed by atoms with van der Waals surface area (Å²) in [5.74, 6) is -2.73. The van der Waals surface area contributed by atoms with Crippen molar-refractivity contribution in [2.75, 3.05) is 6.61 Å². The van der Waals surface area contributed by atoms with E-state index in [0.29, 0.717) is 0 Å². The average molecular weight is 341 g/mol. The Kier molecular flexibility index (Phi) is 17.6. The van der Waals surface area contributed by atoms with Gasteiger partial charge in [0.25, 0.3) is 0 Å². The van der Waals surface area contributed by atoms with E-state index in [2.05, 4.69) is 0 Å². The van der Waals surface area contributed by atoms with Crippen molar-refractivity contribution in [3.05, 3.63) is 0 Å². The van der Waals surface area contributed by atoms with Crippen LogP contribution >= 0.6 is 0 Å². The van der Waals surface area contributed by atoms with Gasteiger partial charge in [-0.1, -0.05) is 0 Å². The second-order valence-electron chi connectivity index (χ2n) is 4.05. The number of aliphatic carboxylic acids is 2. The van der Waals surface area contributed by atoms with Gasteiger partial charge in [0.15, 0.2) is 6.29 Å². The van der Waals surface area contributed by atoms with Gasteiger partial charge in [-0.25, -0.2) is 0 Å². The van der Waals surface area contributed by atoms with Crippen molar-refractivity contribution in [2.24, 2.45) is 5.73 Å². The van der Waals surface area contributed by atoms with Gasteiger partial charge >= 0.3 is 59.1 Å². The SMILES string of the molecule is N[C@H]1C(O)O[C@H](CO)[C@@H](O)[C@@H]1O.O=C([O-])CCC(=O)[O-].[Na+].[Na+]. The third kappa shape index (κ3) is 10.5. The third-order valence-electron chi connectivity index (χ3n) is 2.48. The number of carboxylic acids is 2. The number of carbonyl (C=O) groups excluding carboxylic acids is 2. The summed E-state index contributed by atoms with van der Waals surface area (Å²) in [5.41, 5.74) is 5.26. The van der Waals surface area contributed by atoms with Gasteiger partial charge in [-0.2, -0.15) is 0 Å². The molecule has 6 N–H and O–H groups in total. The summed E-state index contributed by atoms with van der Waals surface area (Å²) in [6.07, 6.45) is -5.79. The molecule has 0 bridgehead atoms. The number of aliphatic hydroxyl groups is 4. The van der Waals surface area contributed by atoms with Crippen LogP contribution in [0, 0.1) is 0 Å². The standard InChI is InChI=1S/C6H13NO5.C4H6O4.2Na/c7-3-5(10)4(9)2(1-8)12-6(3)11;5-3(6)1-2-4(7)8;;/h2-6,8-11H,1,7H2;1-2H2,(H,5,6)(H,7,8);;/q;;2*+1/p-2/t2-,3-,4-,5-,6?;;;/m1.../s1. The van der Waals surface area contributed by atoms with Crippen molar-refractivity contribution in [3.63, 3.8) is 0 Å². The zero-order valence-corrected chi connectivity index (χ0v) is 16.4. The van der Waals surface area contributed by atoms with Gasteiger partial charge in [0.05, 0.1) is 12.6 Å². The molecule has 5 atom stereocenters.